The van der Waals surface area contributed by atoms with Gasteiger partial charge in [-0.1, -0.05) is 24.3 Å². The van der Waals surface area contributed by atoms with Crippen LogP contribution in [0.4, 0.5) is 0 Å². The van der Waals surface area contributed by atoms with Gasteiger partial charge in [-0.15, -0.1) is 0 Å². The number of rotatable bonds is 6. The molecule has 2 aromatic rings. The molecule has 0 radical (unpaired) electrons. The Kier molecular flexibility index (Phi) is 6.04. The highest BCUT2D eigenvalue weighted by molar-refractivity contribution is 7.89. The Bertz CT molecular complexity index is 957. The zero-order chi connectivity index (χ0) is 20.2. The first-order valence-corrected chi connectivity index (χ1v) is 10.8. The van der Waals surface area contributed by atoms with E-state index in [-0.39, 0.29) is 4.90 Å². The molecule has 1 aliphatic carbocycles. The van der Waals surface area contributed by atoms with E-state index in [1.807, 2.05) is 24.3 Å². The number of hydrogen-bond acceptors (Lipinski definition) is 5. The van der Waals surface area contributed by atoms with Crippen LogP contribution in [0.15, 0.2) is 53.4 Å². The van der Waals surface area contributed by atoms with E-state index in [1.54, 1.807) is 19.2 Å². The van der Waals surface area contributed by atoms with E-state index < -0.39 is 15.4 Å². The number of primary sulfonamides is 1. The summed E-state index contributed by atoms with van der Waals surface area (Å²) in [5.74, 6) is 0.773. The van der Waals surface area contributed by atoms with Gasteiger partial charge in [-0.05, 0) is 61.1 Å². The van der Waals surface area contributed by atoms with Crippen molar-refractivity contribution in [2.24, 2.45) is 5.14 Å². The second-order valence-corrected chi connectivity index (χ2v) is 8.83. The monoisotopic (exact) mass is 399 g/mol. The van der Waals surface area contributed by atoms with Gasteiger partial charge in [-0.3, -0.25) is 0 Å². The molecule has 0 spiro atoms. The number of hydrogen-bond donors (Lipinski definition) is 2. The quantitative estimate of drug-likeness (QED) is 0.777. The van der Waals surface area contributed by atoms with Crippen molar-refractivity contribution in [3.8, 4) is 11.8 Å². The summed E-state index contributed by atoms with van der Waals surface area (Å²) in [6.07, 6.45) is 3.39. The molecule has 7 heteroatoms. The standard InChI is InChI=1S/C21H25N3O3S/c1-27-19-4-2-3-17(13-19)21(15-22)11-9-18(10-12-21)24-14-16-5-7-20(8-6-16)28(23,25)26/h2-8,13,18,24H,9-12,14H2,1H3,(H2,23,25,26). The number of methoxy groups -OCH3 is 1. The van der Waals surface area contributed by atoms with Crippen molar-refractivity contribution >= 4 is 10.0 Å². The lowest BCUT2D eigenvalue weighted by atomic mass is 9.69. The molecule has 0 aromatic heterocycles. The fourth-order valence-corrected chi connectivity index (χ4v) is 4.28. The molecule has 1 saturated carbocycles. The molecule has 0 atom stereocenters. The van der Waals surface area contributed by atoms with Crippen molar-refractivity contribution in [2.45, 2.75) is 48.6 Å². The average Bonchev–Trinajstić information content (AvgIpc) is 2.72. The Morgan fingerprint density at radius 1 is 1.21 bits per heavy atom. The molecule has 2 aromatic carbocycles. The number of benzene rings is 2. The van der Waals surface area contributed by atoms with Crippen LogP contribution in [0.3, 0.4) is 0 Å². The zero-order valence-corrected chi connectivity index (χ0v) is 16.7. The molecule has 0 amide bonds. The molecule has 1 fully saturated rings. The smallest absolute Gasteiger partial charge is 0.238 e. The average molecular weight is 400 g/mol. The molecule has 6 nitrogen and oxygen atoms in total. The first kappa shape index (κ1) is 20.3. The Hall–Kier alpha value is -2.40. The number of nitrogens with one attached hydrogen (secondary N) is 1. The summed E-state index contributed by atoms with van der Waals surface area (Å²) >= 11 is 0. The minimum absolute atomic E-state index is 0.117. The first-order valence-electron chi connectivity index (χ1n) is 9.27. The summed E-state index contributed by atoms with van der Waals surface area (Å²) in [7, 11) is -2.03. The molecular formula is C21H25N3O3S. The highest BCUT2D eigenvalue weighted by atomic mass is 32.2. The molecule has 148 valence electrons. The van der Waals surface area contributed by atoms with E-state index in [1.165, 1.54) is 12.1 Å². The van der Waals surface area contributed by atoms with Crippen molar-refractivity contribution < 1.29 is 13.2 Å². The summed E-state index contributed by atoms with van der Waals surface area (Å²) in [4.78, 5) is 0.117. The predicted octanol–water partition coefficient (Wildman–Crippen LogP) is 2.84. The summed E-state index contributed by atoms with van der Waals surface area (Å²) in [6.45, 7) is 0.647. The van der Waals surface area contributed by atoms with Gasteiger partial charge in [-0.25, -0.2) is 13.6 Å². The van der Waals surface area contributed by atoms with E-state index in [0.29, 0.717) is 12.6 Å². The van der Waals surface area contributed by atoms with Gasteiger partial charge in [0.15, 0.2) is 0 Å². The summed E-state index contributed by atoms with van der Waals surface area (Å²) in [5, 5.41) is 18.5. The third-order valence-electron chi connectivity index (χ3n) is 5.52. The summed E-state index contributed by atoms with van der Waals surface area (Å²) in [5.41, 5.74) is 1.55. The van der Waals surface area contributed by atoms with Crippen molar-refractivity contribution in [2.75, 3.05) is 7.11 Å². The largest absolute Gasteiger partial charge is 0.497 e. The Balaban J connectivity index is 1.59. The molecule has 3 N–H and O–H groups in total. The van der Waals surface area contributed by atoms with Crippen molar-refractivity contribution in [3.05, 3.63) is 59.7 Å². The van der Waals surface area contributed by atoms with Gasteiger partial charge in [-0.2, -0.15) is 5.26 Å². The molecule has 0 bridgehead atoms. The van der Waals surface area contributed by atoms with Gasteiger partial charge in [0.25, 0.3) is 0 Å². The van der Waals surface area contributed by atoms with Crippen LogP contribution in [0.2, 0.25) is 0 Å². The topological polar surface area (TPSA) is 105 Å². The van der Waals surface area contributed by atoms with Crippen LogP contribution in [0, 0.1) is 11.3 Å². The van der Waals surface area contributed by atoms with E-state index in [9.17, 15) is 13.7 Å². The molecule has 0 heterocycles. The van der Waals surface area contributed by atoms with Crippen LogP contribution in [0.25, 0.3) is 0 Å². The SMILES string of the molecule is COc1cccc(C2(C#N)CCC(NCc3ccc(S(N)(=O)=O)cc3)CC2)c1. The lowest BCUT2D eigenvalue weighted by Gasteiger charge is -2.36. The number of nitriles is 1. The van der Waals surface area contributed by atoms with Gasteiger partial charge < -0.3 is 10.1 Å². The highest BCUT2D eigenvalue weighted by Crippen LogP contribution is 2.40. The van der Waals surface area contributed by atoms with Crippen molar-refractivity contribution in [1.29, 1.82) is 5.26 Å². The molecule has 0 aliphatic heterocycles. The van der Waals surface area contributed by atoms with E-state index in [2.05, 4.69) is 11.4 Å². The molecular weight excluding hydrogens is 374 g/mol. The minimum atomic E-state index is -3.66. The third-order valence-corrected chi connectivity index (χ3v) is 6.45. The third kappa shape index (κ3) is 4.53. The maximum absolute atomic E-state index is 11.3. The fraction of sp³-hybridized carbons (Fsp3) is 0.381. The first-order chi connectivity index (χ1) is 13.4. The van der Waals surface area contributed by atoms with Gasteiger partial charge >= 0.3 is 0 Å². The normalized spacial score (nSPS) is 22.4. The highest BCUT2D eigenvalue weighted by Gasteiger charge is 2.37. The molecule has 28 heavy (non-hydrogen) atoms. The summed E-state index contributed by atoms with van der Waals surface area (Å²) in [6, 6.07) is 17.3. The second kappa shape index (κ2) is 8.31. The van der Waals surface area contributed by atoms with Gasteiger partial charge in [0, 0.05) is 12.6 Å². The van der Waals surface area contributed by atoms with Crippen molar-refractivity contribution in [1.82, 2.24) is 5.32 Å². The van der Waals surface area contributed by atoms with E-state index >= 15 is 0 Å². The van der Waals surface area contributed by atoms with Crippen LogP contribution in [-0.2, 0) is 22.0 Å². The molecule has 0 saturated heterocycles. The Morgan fingerprint density at radius 2 is 1.89 bits per heavy atom. The van der Waals surface area contributed by atoms with E-state index in [0.717, 1.165) is 42.6 Å². The second-order valence-electron chi connectivity index (χ2n) is 7.27. The van der Waals surface area contributed by atoms with Crippen LogP contribution in [0.1, 0.15) is 36.8 Å². The molecule has 0 unspecified atom stereocenters. The van der Waals surface area contributed by atoms with Crippen LogP contribution >= 0.6 is 0 Å². The Labute approximate surface area is 166 Å². The molecule has 3 rings (SSSR count). The zero-order valence-electron chi connectivity index (χ0n) is 15.9. The predicted molar refractivity (Wildman–Crippen MR) is 107 cm³/mol. The minimum Gasteiger partial charge on any atom is -0.497 e. The number of sulfonamides is 1. The van der Waals surface area contributed by atoms with Crippen LogP contribution < -0.4 is 15.2 Å². The number of nitrogens with two attached hydrogens (primary N) is 1. The van der Waals surface area contributed by atoms with Gasteiger partial charge in [0.1, 0.15) is 5.75 Å². The maximum atomic E-state index is 11.3. The van der Waals surface area contributed by atoms with Crippen LogP contribution in [0.5, 0.6) is 5.75 Å². The number of nitrogens with zero attached hydrogens (tertiary/aromatic N) is 1. The fourth-order valence-electron chi connectivity index (χ4n) is 3.76. The lowest BCUT2D eigenvalue weighted by molar-refractivity contribution is 0.294. The van der Waals surface area contributed by atoms with Gasteiger partial charge in [0.2, 0.25) is 10.0 Å². The maximum Gasteiger partial charge on any atom is 0.238 e. The Morgan fingerprint density at radius 3 is 2.46 bits per heavy atom. The van der Waals surface area contributed by atoms with Crippen molar-refractivity contribution in [3.63, 3.8) is 0 Å². The van der Waals surface area contributed by atoms with E-state index in [4.69, 9.17) is 9.88 Å². The molecule has 1 aliphatic rings. The lowest BCUT2D eigenvalue weighted by Crippen LogP contribution is -2.39. The van der Waals surface area contributed by atoms with Crippen LogP contribution in [-0.4, -0.2) is 21.6 Å². The van der Waals surface area contributed by atoms with Gasteiger partial charge in [0.05, 0.1) is 23.5 Å². The number of ether oxygens (including phenoxy) is 1. The summed E-state index contributed by atoms with van der Waals surface area (Å²) < 4.78 is 28.0.